The van der Waals surface area contributed by atoms with Crippen LogP contribution < -0.4 is 16.6 Å². The van der Waals surface area contributed by atoms with Gasteiger partial charge in [-0.15, -0.1) is 11.3 Å². The van der Waals surface area contributed by atoms with E-state index in [1.165, 1.54) is 20.5 Å². The molecule has 0 bridgehead atoms. The first-order valence-corrected chi connectivity index (χ1v) is 11.3. The molecule has 0 unspecified atom stereocenters. The van der Waals surface area contributed by atoms with E-state index in [9.17, 15) is 14.4 Å². The van der Waals surface area contributed by atoms with E-state index in [1.807, 2.05) is 64.1 Å². The molecule has 0 saturated carbocycles. The van der Waals surface area contributed by atoms with Crippen LogP contribution in [0.5, 0.6) is 0 Å². The molecule has 2 aromatic carbocycles. The molecule has 7 heteroatoms. The fourth-order valence-corrected chi connectivity index (χ4v) is 4.56. The molecule has 0 aliphatic heterocycles. The van der Waals surface area contributed by atoms with Crippen LogP contribution in [0.4, 0.5) is 5.69 Å². The number of nitrogens with one attached hydrogen (secondary N) is 1. The quantitative estimate of drug-likeness (QED) is 0.500. The summed E-state index contributed by atoms with van der Waals surface area (Å²) in [6, 6.07) is 13.4. The van der Waals surface area contributed by atoms with Gasteiger partial charge >= 0.3 is 5.69 Å². The molecule has 2 heterocycles. The second-order valence-electron chi connectivity index (χ2n) is 8.18. The highest BCUT2D eigenvalue weighted by Crippen LogP contribution is 2.18. The third-order valence-electron chi connectivity index (χ3n) is 5.72. The van der Waals surface area contributed by atoms with E-state index in [4.69, 9.17) is 0 Å². The van der Waals surface area contributed by atoms with Crippen LogP contribution in [0.3, 0.4) is 0 Å². The topological polar surface area (TPSA) is 73.1 Å². The Morgan fingerprint density at radius 1 is 0.906 bits per heavy atom. The van der Waals surface area contributed by atoms with Crippen molar-refractivity contribution in [3.8, 4) is 0 Å². The number of nitrogens with zero attached hydrogens (tertiary/aromatic N) is 2. The van der Waals surface area contributed by atoms with Crippen LogP contribution in [0.1, 0.15) is 27.8 Å². The van der Waals surface area contributed by atoms with Crippen LogP contribution in [-0.2, 0) is 17.9 Å². The van der Waals surface area contributed by atoms with Crippen LogP contribution in [-0.4, -0.2) is 15.0 Å². The second-order valence-corrected chi connectivity index (χ2v) is 9.10. The second kappa shape index (κ2) is 8.59. The molecule has 4 rings (SSSR count). The number of thiophene rings is 1. The monoisotopic (exact) mass is 447 g/mol. The van der Waals surface area contributed by atoms with Crippen molar-refractivity contribution in [2.75, 3.05) is 5.32 Å². The number of hydrogen-bond donors (Lipinski definition) is 1. The number of aryl methyl sites for hydroxylation is 4. The number of carbonyl (C=O) groups excluding carboxylic acids is 1. The van der Waals surface area contributed by atoms with Gasteiger partial charge in [-0.1, -0.05) is 30.3 Å². The van der Waals surface area contributed by atoms with Crippen LogP contribution in [0.2, 0.25) is 0 Å². The summed E-state index contributed by atoms with van der Waals surface area (Å²) < 4.78 is 3.07. The molecule has 0 aliphatic rings. The summed E-state index contributed by atoms with van der Waals surface area (Å²) in [6.45, 7) is 7.88. The van der Waals surface area contributed by atoms with Gasteiger partial charge in [-0.2, -0.15) is 0 Å². The van der Waals surface area contributed by atoms with Gasteiger partial charge in [0.1, 0.15) is 11.2 Å². The van der Waals surface area contributed by atoms with Gasteiger partial charge in [0.05, 0.1) is 12.1 Å². The smallest absolute Gasteiger partial charge is 0.324 e. The average Bonchev–Trinajstić information content (AvgIpc) is 3.24. The number of carbonyl (C=O) groups is 1. The van der Waals surface area contributed by atoms with E-state index in [0.717, 1.165) is 27.8 Å². The lowest BCUT2D eigenvalue weighted by atomic mass is 10.1. The van der Waals surface area contributed by atoms with Gasteiger partial charge in [0.25, 0.3) is 5.56 Å². The van der Waals surface area contributed by atoms with Crippen molar-refractivity contribution in [3.63, 3.8) is 0 Å². The molecule has 0 aliphatic carbocycles. The van der Waals surface area contributed by atoms with Crippen molar-refractivity contribution in [1.82, 2.24) is 9.13 Å². The zero-order valence-corrected chi connectivity index (χ0v) is 19.4. The van der Waals surface area contributed by atoms with Gasteiger partial charge in [-0.3, -0.25) is 18.7 Å². The maximum absolute atomic E-state index is 13.3. The first-order chi connectivity index (χ1) is 15.2. The Hall–Kier alpha value is -3.45. The molecule has 0 saturated heterocycles. The highest BCUT2D eigenvalue weighted by atomic mass is 32.1. The van der Waals surface area contributed by atoms with Gasteiger partial charge in [0.15, 0.2) is 0 Å². The summed E-state index contributed by atoms with van der Waals surface area (Å²) in [7, 11) is 0. The van der Waals surface area contributed by atoms with Crippen molar-refractivity contribution in [2.24, 2.45) is 0 Å². The molecule has 2 aromatic heterocycles. The van der Waals surface area contributed by atoms with E-state index in [1.54, 1.807) is 11.4 Å². The molecule has 0 radical (unpaired) electrons. The van der Waals surface area contributed by atoms with Gasteiger partial charge in [-0.25, -0.2) is 4.79 Å². The first-order valence-electron chi connectivity index (χ1n) is 10.4. The van der Waals surface area contributed by atoms with Gasteiger partial charge in [-0.05, 0) is 73.0 Å². The maximum Gasteiger partial charge on any atom is 0.332 e. The molecular formula is C25H25N3O3S. The largest absolute Gasteiger partial charge is 0.332 e. The van der Waals surface area contributed by atoms with Gasteiger partial charge in [0.2, 0.25) is 5.91 Å². The molecule has 1 N–H and O–H groups in total. The Kier molecular flexibility index (Phi) is 5.84. The molecule has 0 atom stereocenters. The van der Waals surface area contributed by atoms with Crippen molar-refractivity contribution in [3.05, 3.63) is 96.5 Å². The molecule has 0 fully saturated rings. The Morgan fingerprint density at radius 2 is 1.66 bits per heavy atom. The first kappa shape index (κ1) is 21.8. The number of amides is 1. The summed E-state index contributed by atoms with van der Waals surface area (Å²) in [4.78, 5) is 39.2. The normalized spacial score (nSPS) is 11.1. The fourth-order valence-electron chi connectivity index (χ4n) is 3.71. The zero-order chi connectivity index (χ0) is 23.0. The number of aromatic nitrogens is 2. The lowest BCUT2D eigenvalue weighted by Gasteiger charge is -2.14. The minimum absolute atomic E-state index is 0.158. The molecule has 6 nitrogen and oxygen atoms in total. The average molecular weight is 448 g/mol. The minimum atomic E-state index is -0.491. The lowest BCUT2D eigenvalue weighted by Crippen LogP contribution is -2.41. The van der Waals surface area contributed by atoms with E-state index >= 15 is 0 Å². The Morgan fingerprint density at radius 3 is 2.41 bits per heavy atom. The van der Waals surface area contributed by atoms with Crippen molar-refractivity contribution in [1.29, 1.82) is 0 Å². The number of benzene rings is 2. The van der Waals surface area contributed by atoms with Gasteiger partial charge < -0.3 is 5.32 Å². The van der Waals surface area contributed by atoms with E-state index < -0.39 is 5.69 Å². The van der Waals surface area contributed by atoms with Crippen LogP contribution in [0.15, 0.2) is 57.4 Å². The number of fused-ring (bicyclic) bond motifs is 1. The fraction of sp³-hybridized carbons (Fsp3) is 0.240. The SMILES string of the molecule is Cc1ccc(C)c(NC(=O)Cn2c(=O)n(Cc3ccc(C)c(C)c3)c(=O)c3sccc32)c1. The summed E-state index contributed by atoms with van der Waals surface area (Å²) in [5.41, 5.74) is 5.47. The molecule has 1 amide bonds. The van der Waals surface area contributed by atoms with Crippen molar-refractivity contribution in [2.45, 2.75) is 40.8 Å². The third-order valence-corrected chi connectivity index (χ3v) is 6.61. The summed E-state index contributed by atoms with van der Waals surface area (Å²) in [6.07, 6.45) is 0. The number of hydrogen-bond acceptors (Lipinski definition) is 4. The standard InChI is InChI=1S/C25H25N3O3S/c1-15-5-6-17(3)20(11-15)26-22(29)14-27-21-9-10-32-23(21)24(30)28(25(27)31)13-19-8-7-16(2)18(4)12-19/h5-12H,13-14H2,1-4H3,(H,26,29). The Labute approximate surface area is 189 Å². The third kappa shape index (κ3) is 4.16. The predicted octanol–water partition coefficient (Wildman–Crippen LogP) is 4.15. The lowest BCUT2D eigenvalue weighted by molar-refractivity contribution is -0.116. The van der Waals surface area contributed by atoms with Crippen LogP contribution in [0, 0.1) is 27.7 Å². The highest BCUT2D eigenvalue weighted by molar-refractivity contribution is 7.17. The van der Waals surface area contributed by atoms with E-state index in [2.05, 4.69) is 5.32 Å². The molecular weight excluding hydrogens is 422 g/mol. The van der Waals surface area contributed by atoms with Gasteiger partial charge in [0, 0.05) is 5.69 Å². The maximum atomic E-state index is 13.3. The van der Waals surface area contributed by atoms with Crippen molar-refractivity contribution >= 4 is 33.1 Å². The zero-order valence-electron chi connectivity index (χ0n) is 18.6. The highest BCUT2D eigenvalue weighted by Gasteiger charge is 2.17. The summed E-state index contributed by atoms with van der Waals surface area (Å²) in [5, 5.41) is 4.67. The number of rotatable bonds is 5. The Balaban J connectivity index is 1.73. The van der Waals surface area contributed by atoms with Crippen LogP contribution >= 0.6 is 11.3 Å². The molecule has 164 valence electrons. The predicted molar refractivity (Wildman–Crippen MR) is 130 cm³/mol. The molecule has 4 aromatic rings. The summed E-state index contributed by atoms with van der Waals surface area (Å²) in [5.74, 6) is -0.315. The Bertz CT molecular complexity index is 1460. The summed E-state index contributed by atoms with van der Waals surface area (Å²) >= 11 is 1.28. The molecule has 32 heavy (non-hydrogen) atoms. The van der Waals surface area contributed by atoms with Crippen molar-refractivity contribution < 1.29 is 4.79 Å². The van der Waals surface area contributed by atoms with E-state index in [-0.39, 0.29) is 24.6 Å². The minimum Gasteiger partial charge on any atom is -0.324 e. The van der Waals surface area contributed by atoms with Crippen LogP contribution in [0.25, 0.3) is 10.2 Å². The molecule has 0 spiro atoms. The van der Waals surface area contributed by atoms with E-state index in [0.29, 0.717) is 15.9 Å². The number of anilines is 1.